The molecule has 0 saturated heterocycles. The molecule has 2 N–H and O–H groups in total. The van der Waals surface area contributed by atoms with E-state index in [4.69, 9.17) is 10.5 Å². The van der Waals surface area contributed by atoms with Crippen molar-refractivity contribution >= 4 is 15.9 Å². The maximum Gasteiger partial charge on any atom is 0.419 e. The van der Waals surface area contributed by atoms with Gasteiger partial charge in [-0.15, -0.1) is 0 Å². The first-order chi connectivity index (χ1) is 9.82. The van der Waals surface area contributed by atoms with E-state index in [1.54, 1.807) is 13.0 Å². The summed E-state index contributed by atoms with van der Waals surface area (Å²) in [6, 6.07) is 5.45. The van der Waals surface area contributed by atoms with Gasteiger partial charge in [-0.3, -0.25) is 0 Å². The molecule has 1 heterocycles. The van der Waals surface area contributed by atoms with Gasteiger partial charge in [0, 0.05) is 12.7 Å². The standard InChI is InChI=1S/C14H12BrF3N2O/c1-8-4-5-20-13(12(8)15)21-11-3-2-9(7-19)6-10(11)14(16,17)18/h2-6H,7,19H2,1H3. The lowest BCUT2D eigenvalue weighted by Crippen LogP contribution is -2.09. The number of nitrogens with two attached hydrogens (primary N) is 1. The maximum atomic E-state index is 13.1. The molecule has 0 fully saturated rings. The van der Waals surface area contributed by atoms with Crippen molar-refractivity contribution in [1.29, 1.82) is 0 Å². The number of hydrogen-bond donors (Lipinski definition) is 1. The molecule has 1 aromatic carbocycles. The summed E-state index contributed by atoms with van der Waals surface area (Å²) in [5.74, 6) is -0.223. The van der Waals surface area contributed by atoms with Crippen molar-refractivity contribution in [2.75, 3.05) is 0 Å². The second-order valence-corrected chi connectivity index (χ2v) is 5.17. The SMILES string of the molecule is Cc1ccnc(Oc2ccc(CN)cc2C(F)(F)F)c1Br. The second-order valence-electron chi connectivity index (χ2n) is 4.38. The van der Waals surface area contributed by atoms with Crippen LogP contribution in [-0.4, -0.2) is 4.98 Å². The monoisotopic (exact) mass is 360 g/mol. The Balaban J connectivity index is 2.46. The second kappa shape index (κ2) is 6.03. The zero-order valence-electron chi connectivity index (χ0n) is 11.0. The van der Waals surface area contributed by atoms with Crippen molar-refractivity contribution in [2.24, 2.45) is 5.73 Å². The molecule has 0 amide bonds. The van der Waals surface area contributed by atoms with Crippen LogP contribution in [0.2, 0.25) is 0 Å². The number of pyridine rings is 1. The molecule has 7 heteroatoms. The molecule has 2 aromatic rings. The summed E-state index contributed by atoms with van der Waals surface area (Å²) < 4.78 is 45.1. The molecular weight excluding hydrogens is 349 g/mol. The van der Waals surface area contributed by atoms with Crippen molar-refractivity contribution in [3.8, 4) is 11.6 Å². The Hall–Kier alpha value is -1.60. The molecule has 112 valence electrons. The van der Waals surface area contributed by atoms with Crippen LogP contribution in [0.3, 0.4) is 0 Å². The van der Waals surface area contributed by atoms with Gasteiger partial charge >= 0.3 is 6.18 Å². The molecule has 21 heavy (non-hydrogen) atoms. The number of aryl methyl sites for hydroxylation is 1. The van der Waals surface area contributed by atoms with Crippen LogP contribution in [-0.2, 0) is 12.7 Å². The summed E-state index contributed by atoms with van der Waals surface area (Å²) in [5, 5.41) is 0. The Morgan fingerprint density at radius 3 is 2.62 bits per heavy atom. The minimum absolute atomic E-state index is 0.0236. The fourth-order valence-corrected chi connectivity index (χ4v) is 2.02. The van der Waals surface area contributed by atoms with Crippen molar-refractivity contribution in [3.63, 3.8) is 0 Å². The van der Waals surface area contributed by atoms with Gasteiger partial charge in [0.1, 0.15) is 5.75 Å². The molecule has 0 saturated carbocycles. The molecule has 2 rings (SSSR count). The first kappa shape index (κ1) is 15.8. The summed E-state index contributed by atoms with van der Waals surface area (Å²) in [5.41, 5.74) is 5.70. The number of benzene rings is 1. The summed E-state index contributed by atoms with van der Waals surface area (Å²) in [7, 11) is 0. The van der Waals surface area contributed by atoms with E-state index in [1.807, 2.05) is 0 Å². The lowest BCUT2D eigenvalue weighted by Gasteiger charge is -2.15. The highest BCUT2D eigenvalue weighted by Gasteiger charge is 2.35. The average molecular weight is 361 g/mol. The van der Waals surface area contributed by atoms with E-state index in [0.717, 1.165) is 11.6 Å². The summed E-state index contributed by atoms with van der Waals surface area (Å²) >= 11 is 3.25. The van der Waals surface area contributed by atoms with Gasteiger partial charge in [-0.2, -0.15) is 13.2 Å². The minimum atomic E-state index is -4.53. The Labute approximate surface area is 128 Å². The number of rotatable bonds is 3. The summed E-state index contributed by atoms with van der Waals surface area (Å²) in [6.45, 7) is 1.82. The van der Waals surface area contributed by atoms with E-state index < -0.39 is 11.7 Å². The Morgan fingerprint density at radius 2 is 2.00 bits per heavy atom. The van der Waals surface area contributed by atoms with Crippen LogP contribution in [0.1, 0.15) is 16.7 Å². The number of aromatic nitrogens is 1. The first-order valence-electron chi connectivity index (χ1n) is 6.02. The average Bonchev–Trinajstić information content (AvgIpc) is 2.43. The molecule has 0 spiro atoms. The minimum Gasteiger partial charge on any atom is -0.437 e. The van der Waals surface area contributed by atoms with Crippen LogP contribution in [0.5, 0.6) is 11.6 Å². The molecule has 0 radical (unpaired) electrons. The Bertz CT molecular complexity index is 659. The van der Waals surface area contributed by atoms with Gasteiger partial charge in [0.2, 0.25) is 5.88 Å². The highest BCUT2D eigenvalue weighted by atomic mass is 79.9. The molecule has 0 unspecified atom stereocenters. The van der Waals surface area contributed by atoms with Crippen LogP contribution in [0.25, 0.3) is 0 Å². The number of alkyl halides is 3. The topological polar surface area (TPSA) is 48.1 Å². The van der Waals surface area contributed by atoms with Gasteiger partial charge in [-0.05, 0) is 52.2 Å². The molecule has 1 aromatic heterocycles. The van der Waals surface area contributed by atoms with Gasteiger partial charge in [0.25, 0.3) is 0 Å². The summed E-state index contributed by atoms with van der Waals surface area (Å²) in [4.78, 5) is 3.94. The molecule has 0 aliphatic rings. The van der Waals surface area contributed by atoms with E-state index >= 15 is 0 Å². The van der Waals surface area contributed by atoms with Crippen LogP contribution < -0.4 is 10.5 Å². The lowest BCUT2D eigenvalue weighted by atomic mass is 10.1. The van der Waals surface area contributed by atoms with Crippen molar-refractivity contribution in [1.82, 2.24) is 4.98 Å². The molecule has 0 atom stereocenters. The maximum absolute atomic E-state index is 13.1. The predicted molar refractivity (Wildman–Crippen MR) is 76.1 cm³/mol. The zero-order chi connectivity index (χ0) is 15.6. The van der Waals surface area contributed by atoms with Gasteiger partial charge in [-0.1, -0.05) is 6.07 Å². The van der Waals surface area contributed by atoms with Crippen molar-refractivity contribution in [3.05, 3.63) is 51.6 Å². The quantitative estimate of drug-likeness (QED) is 0.880. The number of halogens is 4. The van der Waals surface area contributed by atoms with Crippen LogP contribution in [0.4, 0.5) is 13.2 Å². The molecule has 0 aliphatic heterocycles. The number of hydrogen-bond acceptors (Lipinski definition) is 3. The molecule has 0 bridgehead atoms. The fraction of sp³-hybridized carbons (Fsp3) is 0.214. The fourth-order valence-electron chi connectivity index (χ4n) is 1.71. The van der Waals surface area contributed by atoms with Gasteiger partial charge in [0.05, 0.1) is 10.0 Å². The smallest absolute Gasteiger partial charge is 0.419 e. The largest absolute Gasteiger partial charge is 0.437 e. The van der Waals surface area contributed by atoms with Crippen LogP contribution in [0.15, 0.2) is 34.9 Å². The highest BCUT2D eigenvalue weighted by molar-refractivity contribution is 9.10. The van der Waals surface area contributed by atoms with E-state index in [1.165, 1.54) is 18.3 Å². The third-order valence-corrected chi connectivity index (χ3v) is 3.81. The van der Waals surface area contributed by atoms with E-state index in [0.29, 0.717) is 10.0 Å². The number of nitrogens with zero attached hydrogens (tertiary/aromatic N) is 1. The number of ether oxygens (including phenoxy) is 1. The van der Waals surface area contributed by atoms with E-state index in [9.17, 15) is 13.2 Å². The van der Waals surface area contributed by atoms with Crippen LogP contribution in [0, 0.1) is 6.92 Å². The zero-order valence-corrected chi connectivity index (χ0v) is 12.6. The van der Waals surface area contributed by atoms with Crippen molar-refractivity contribution in [2.45, 2.75) is 19.6 Å². The Morgan fingerprint density at radius 1 is 1.29 bits per heavy atom. The van der Waals surface area contributed by atoms with Gasteiger partial charge < -0.3 is 10.5 Å². The normalized spacial score (nSPS) is 11.5. The predicted octanol–water partition coefficient (Wildman–Crippen LogP) is 4.42. The Kier molecular flexibility index (Phi) is 4.53. The summed E-state index contributed by atoms with van der Waals surface area (Å²) in [6.07, 6.45) is -3.06. The van der Waals surface area contributed by atoms with Gasteiger partial charge in [-0.25, -0.2) is 4.98 Å². The first-order valence-corrected chi connectivity index (χ1v) is 6.81. The molecule has 3 nitrogen and oxygen atoms in total. The molecule has 0 aliphatic carbocycles. The third kappa shape index (κ3) is 3.54. The third-order valence-electron chi connectivity index (χ3n) is 2.84. The van der Waals surface area contributed by atoms with Crippen LogP contribution >= 0.6 is 15.9 Å². The van der Waals surface area contributed by atoms with E-state index in [2.05, 4.69) is 20.9 Å². The highest BCUT2D eigenvalue weighted by Crippen LogP contribution is 2.39. The van der Waals surface area contributed by atoms with Crippen molar-refractivity contribution < 1.29 is 17.9 Å². The molecular formula is C14H12BrF3N2O. The van der Waals surface area contributed by atoms with E-state index in [-0.39, 0.29) is 18.2 Å². The lowest BCUT2D eigenvalue weighted by molar-refractivity contribution is -0.138. The van der Waals surface area contributed by atoms with Gasteiger partial charge in [0.15, 0.2) is 0 Å².